The number of halogens is 2. The van der Waals surface area contributed by atoms with Crippen LogP contribution in [0.4, 0.5) is 10.1 Å². The molecule has 1 amide bonds. The molecule has 8 heteroatoms. The molecule has 0 aliphatic rings. The third-order valence-corrected chi connectivity index (χ3v) is 4.77. The highest BCUT2D eigenvalue weighted by Crippen LogP contribution is 2.22. The Morgan fingerprint density at radius 2 is 1.96 bits per heavy atom. The number of anilines is 1. The second-order valence-corrected chi connectivity index (χ2v) is 8.09. The molecule has 2 rings (SSSR count). The van der Waals surface area contributed by atoms with Gasteiger partial charge in [0.25, 0.3) is 5.91 Å². The van der Waals surface area contributed by atoms with Crippen molar-refractivity contribution in [2.75, 3.05) is 18.2 Å². The summed E-state index contributed by atoms with van der Waals surface area (Å²) in [5, 5.41) is 2.56. The van der Waals surface area contributed by atoms with Crippen molar-refractivity contribution in [3.63, 3.8) is 0 Å². The van der Waals surface area contributed by atoms with E-state index in [9.17, 15) is 17.6 Å². The van der Waals surface area contributed by atoms with Gasteiger partial charge in [-0.15, -0.1) is 0 Å². The number of carbonyl (C=O) groups excluding carboxylic acids is 1. The molecule has 0 aromatic heterocycles. The Hall–Kier alpha value is -1.93. The minimum absolute atomic E-state index is 0.0463. The first kappa shape index (κ1) is 18.4. The lowest BCUT2D eigenvalue weighted by Gasteiger charge is -2.11. The van der Waals surface area contributed by atoms with Gasteiger partial charge in [0.1, 0.15) is 0 Å². The zero-order valence-corrected chi connectivity index (χ0v) is 15.4. The first-order chi connectivity index (χ1) is 11.2. The third kappa shape index (κ3) is 4.78. The molecule has 128 valence electrons. The van der Waals surface area contributed by atoms with Gasteiger partial charge in [0, 0.05) is 16.4 Å². The normalized spacial score (nSPS) is 11.2. The predicted octanol–water partition coefficient (Wildman–Crippen LogP) is 3.32. The van der Waals surface area contributed by atoms with Gasteiger partial charge in [0.15, 0.2) is 28.0 Å². The van der Waals surface area contributed by atoms with E-state index in [1.807, 2.05) is 0 Å². The van der Waals surface area contributed by atoms with Crippen molar-refractivity contribution in [1.29, 1.82) is 0 Å². The van der Waals surface area contributed by atoms with E-state index in [1.165, 1.54) is 24.3 Å². The maximum atomic E-state index is 13.6. The number of amides is 1. The van der Waals surface area contributed by atoms with E-state index in [4.69, 9.17) is 4.74 Å². The van der Waals surface area contributed by atoms with Crippen molar-refractivity contribution in [2.24, 2.45) is 0 Å². The van der Waals surface area contributed by atoms with Crippen LogP contribution in [0.5, 0.6) is 5.75 Å². The SMILES string of the molecule is Cc1ccc(S(C)(=O)=O)cc1NC(=O)COc1ccc(Br)cc1F. The molecule has 0 fully saturated rings. The summed E-state index contributed by atoms with van der Waals surface area (Å²) in [5.74, 6) is -1.16. The van der Waals surface area contributed by atoms with Gasteiger partial charge in [-0.05, 0) is 42.8 Å². The Morgan fingerprint density at radius 3 is 2.58 bits per heavy atom. The van der Waals surface area contributed by atoms with E-state index < -0.39 is 28.2 Å². The topological polar surface area (TPSA) is 72.5 Å². The van der Waals surface area contributed by atoms with Crippen LogP contribution >= 0.6 is 15.9 Å². The highest BCUT2D eigenvalue weighted by Gasteiger charge is 2.12. The molecule has 2 aromatic carbocycles. The van der Waals surface area contributed by atoms with Gasteiger partial charge < -0.3 is 10.1 Å². The second kappa shape index (κ2) is 7.31. The van der Waals surface area contributed by atoms with Crippen molar-refractivity contribution in [1.82, 2.24) is 0 Å². The molecule has 1 N–H and O–H groups in total. The Bertz CT molecular complexity index is 884. The number of aryl methyl sites for hydroxylation is 1. The van der Waals surface area contributed by atoms with Crippen LogP contribution in [0.15, 0.2) is 45.8 Å². The average molecular weight is 416 g/mol. The molecule has 24 heavy (non-hydrogen) atoms. The van der Waals surface area contributed by atoms with E-state index >= 15 is 0 Å². The smallest absolute Gasteiger partial charge is 0.262 e. The largest absolute Gasteiger partial charge is 0.481 e. The third-order valence-electron chi connectivity index (χ3n) is 3.16. The predicted molar refractivity (Wildman–Crippen MR) is 92.5 cm³/mol. The van der Waals surface area contributed by atoms with Crippen LogP contribution in [-0.4, -0.2) is 27.2 Å². The summed E-state index contributed by atoms with van der Waals surface area (Å²) >= 11 is 3.13. The Labute approximate surface area is 147 Å². The second-order valence-electron chi connectivity index (χ2n) is 5.16. The van der Waals surface area contributed by atoms with Gasteiger partial charge >= 0.3 is 0 Å². The fourth-order valence-electron chi connectivity index (χ4n) is 1.89. The molecule has 0 bridgehead atoms. The van der Waals surface area contributed by atoms with E-state index in [0.717, 1.165) is 6.26 Å². The Kier molecular flexibility index (Phi) is 5.61. The van der Waals surface area contributed by atoms with Crippen molar-refractivity contribution < 1.29 is 22.3 Å². The molecule has 0 unspecified atom stereocenters. The van der Waals surface area contributed by atoms with Gasteiger partial charge in [-0.2, -0.15) is 0 Å². The van der Waals surface area contributed by atoms with E-state index in [2.05, 4.69) is 21.2 Å². The molecule has 0 radical (unpaired) electrons. The summed E-state index contributed by atoms with van der Waals surface area (Å²) in [7, 11) is -3.38. The zero-order valence-electron chi connectivity index (χ0n) is 13.0. The fourth-order valence-corrected chi connectivity index (χ4v) is 2.87. The minimum atomic E-state index is -3.38. The first-order valence-electron chi connectivity index (χ1n) is 6.85. The van der Waals surface area contributed by atoms with Crippen LogP contribution in [-0.2, 0) is 14.6 Å². The van der Waals surface area contributed by atoms with E-state index in [-0.39, 0.29) is 10.6 Å². The summed E-state index contributed by atoms with van der Waals surface area (Å²) in [5.41, 5.74) is 1.06. The molecule has 2 aromatic rings. The lowest BCUT2D eigenvalue weighted by Crippen LogP contribution is -2.21. The van der Waals surface area contributed by atoms with Crippen LogP contribution in [0.25, 0.3) is 0 Å². The number of ether oxygens (including phenoxy) is 1. The van der Waals surface area contributed by atoms with Crippen molar-refractivity contribution >= 4 is 37.4 Å². The zero-order chi connectivity index (χ0) is 17.9. The number of benzene rings is 2. The summed E-state index contributed by atoms with van der Waals surface area (Å²) < 4.78 is 42.5. The molecular weight excluding hydrogens is 401 g/mol. The summed E-state index contributed by atoms with van der Waals surface area (Å²) in [6.07, 6.45) is 1.09. The monoisotopic (exact) mass is 415 g/mol. The molecule has 0 heterocycles. The van der Waals surface area contributed by atoms with Crippen molar-refractivity contribution in [2.45, 2.75) is 11.8 Å². The highest BCUT2D eigenvalue weighted by atomic mass is 79.9. The van der Waals surface area contributed by atoms with Gasteiger partial charge in [-0.25, -0.2) is 12.8 Å². The van der Waals surface area contributed by atoms with Crippen LogP contribution in [0.3, 0.4) is 0 Å². The van der Waals surface area contributed by atoms with Crippen molar-refractivity contribution in [3.05, 3.63) is 52.3 Å². The summed E-state index contributed by atoms with van der Waals surface area (Å²) in [6.45, 7) is 1.33. The Morgan fingerprint density at radius 1 is 1.25 bits per heavy atom. The van der Waals surface area contributed by atoms with Gasteiger partial charge in [-0.1, -0.05) is 22.0 Å². The van der Waals surface area contributed by atoms with Gasteiger partial charge in [-0.3, -0.25) is 4.79 Å². The number of sulfone groups is 1. The number of hydrogen-bond donors (Lipinski definition) is 1. The van der Waals surface area contributed by atoms with Crippen LogP contribution in [0.1, 0.15) is 5.56 Å². The van der Waals surface area contributed by atoms with Crippen LogP contribution in [0, 0.1) is 12.7 Å². The molecule has 0 spiro atoms. The lowest BCUT2D eigenvalue weighted by molar-refractivity contribution is -0.118. The Balaban J connectivity index is 2.07. The number of nitrogens with one attached hydrogen (secondary N) is 1. The maximum absolute atomic E-state index is 13.6. The van der Waals surface area contributed by atoms with Crippen molar-refractivity contribution in [3.8, 4) is 5.75 Å². The molecular formula is C16H15BrFNO4S. The lowest BCUT2D eigenvalue weighted by atomic mass is 10.2. The fraction of sp³-hybridized carbons (Fsp3) is 0.188. The quantitative estimate of drug-likeness (QED) is 0.812. The number of rotatable bonds is 5. The standard InChI is InChI=1S/C16H15BrFNO4S/c1-10-3-5-12(24(2,21)22)8-14(10)19-16(20)9-23-15-6-4-11(17)7-13(15)18/h3-8H,9H2,1-2H3,(H,19,20). The molecule has 5 nitrogen and oxygen atoms in total. The van der Waals surface area contributed by atoms with E-state index in [0.29, 0.717) is 15.7 Å². The maximum Gasteiger partial charge on any atom is 0.262 e. The van der Waals surface area contributed by atoms with Gasteiger partial charge in [0.2, 0.25) is 0 Å². The average Bonchev–Trinajstić information content (AvgIpc) is 2.47. The van der Waals surface area contributed by atoms with E-state index in [1.54, 1.807) is 19.1 Å². The molecule has 0 atom stereocenters. The molecule has 0 aliphatic heterocycles. The molecule has 0 saturated carbocycles. The summed E-state index contributed by atoms with van der Waals surface area (Å²) in [4.78, 5) is 12.1. The molecule has 0 saturated heterocycles. The van der Waals surface area contributed by atoms with Crippen LogP contribution < -0.4 is 10.1 Å². The van der Waals surface area contributed by atoms with Gasteiger partial charge in [0.05, 0.1) is 4.90 Å². The minimum Gasteiger partial charge on any atom is -0.481 e. The summed E-state index contributed by atoms with van der Waals surface area (Å²) in [6, 6.07) is 8.67. The number of hydrogen-bond acceptors (Lipinski definition) is 4. The first-order valence-corrected chi connectivity index (χ1v) is 9.53. The number of carbonyl (C=O) groups is 1. The highest BCUT2D eigenvalue weighted by molar-refractivity contribution is 9.10. The molecule has 0 aliphatic carbocycles. The van der Waals surface area contributed by atoms with Crippen LogP contribution in [0.2, 0.25) is 0 Å².